The average Bonchev–Trinajstić information content (AvgIpc) is 3.10. The van der Waals surface area contributed by atoms with E-state index >= 15 is 0 Å². The molecular formula is C22H23N3OS. The largest absolute Gasteiger partial charge is 0.298 e. The Balaban J connectivity index is 1.41. The third-order valence-corrected chi connectivity index (χ3v) is 5.90. The van der Waals surface area contributed by atoms with Gasteiger partial charge in [0.1, 0.15) is 0 Å². The molecule has 0 bridgehead atoms. The molecule has 0 saturated heterocycles. The maximum Gasteiger partial charge on any atom is 0.257 e. The van der Waals surface area contributed by atoms with E-state index in [2.05, 4.69) is 46.4 Å². The Morgan fingerprint density at radius 2 is 1.89 bits per heavy atom. The fourth-order valence-corrected chi connectivity index (χ4v) is 4.39. The molecular weight excluding hydrogens is 354 g/mol. The summed E-state index contributed by atoms with van der Waals surface area (Å²) in [4.78, 5) is 20.8. The molecule has 0 atom stereocenters. The van der Waals surface area contributed by atoms with Crippen LogP contribution in [0.4, 0.5) is 5.13 Å². The predicted molar refractivity (Wildman–Crippen MR) is 110 cm³/mol. The van der Waals surface area contributed by atoms with Gasteiger partial charge in [-0.25, -0.2) is 4.98 Å². The van der Waals surface area contributed by atoms with Gasteiger partial charge in [0.2, 0.25) is 0 Å². The van der Waals surface area contributed by atoms with E-state index in [1.54, 1.807) is 11.3 Å². The van der Waals surface area contributed by atoms with Gasteiger partial charge in [-0.2, -0.15) is 0 Å². The monoisotopic (exact) mass is 377 g/mol. The summed E-state index contributed by atoms with van der Waals surface area (Å²) in [5.74, 6) is -0.0927. The average molecular weight is 378 g/mol. The molecule has 4 nitrogen and oxygen atoms in total. The normalized spacial score (nSPS) is 14.0. The van der Waals surface area contributed by atoms with Gasteiger partial charge in [-0.15, -0.1) is 11.3 Å². The molecule has 0 radical (unpaired) electrons. The molecule has 5 heteroatoms. The molecule has 138 valence electrons. The number of aryl methyl sites for hydroxylation is 1. The number of nitrogens with one attached hydrogen (secondary N) is 1. The Labute approximate surface area is 163 Å². The summed E-state index contributed by atoms with van der Waals surface area (Å²) < 4.78 is 0. The zero-order valence-corrected chi connectivity index (χ0v) is 16.3. The highest BCUT2D eigenvalue weighted by Crippen LogP contribution is 2.29. The van der Waals surface area contributed by atoms with Crippen molar-refractivity contribution in [2.75, 3.05) is 11.9 Å². The molecule has 1 amide bonds. The number of carbonyl (C=O) groups excluding carboxylic acids is 1. The number of carbonyl (C=O) groups is 1. The fourth-order valence-electron chi connectivity index (χ4n) is 3.34. The van der Waals surface area contributed by atoms with Crippen molar-refractivity contribution in [3.63, 3.8) is 0 Å². The highest BCUT2D eigenvalue weighted by atomic mass is 32.1. The number of rotatable bonds is 5. The van der Waals surface area contributed by atoms with E-state index in [-0.39, 0.29) is 5.91 Å². The van der Waals surface area contributed by atoms with Crippen LogP contribution in [0.15, 0.2) is 54.6 Å². The maximum atomic E-state index is 12.5. The van der Waals surface area contributed by atoms with Gasteiger partial charge in [0.15, 0.2) is 5.13 Å². The molecule has 1 N–H and O–H groups in total. The summed E-state index contributed by atoms with van der Waals surface area (Å²) in [5, 5.41) is 3.67. The van der Waals surface area contributed by atoms with E-state index in [9.17, 15) is 4.79 Å². The van der Waals surface area contributed by atoms with Crippen molar-refractivity contribution < 1.29 is 4.79 Å². The van der Waals surface area contributed by atoms with E-state index in [4.69, 9.17) is 0 Å². The van der Waals surface area contributed by atoms with Crippen LogP contribution in [0.2, 0.25) is 0 Å². The molecule has 0 spiro atoms. The molecule has 1 aromatic heterocycles. The number of thiazole rings is 1. The van der Waals surface area contributed by atoms with E-state index in [0.29, 0.717) is 10.7 Å². The summed E-state index contributed by atoms with van der Waals surface area (Å²) in [6.07, 6.45) is 1.90. The SMILES string of the molecule is CCc1ccc(C(=O)Nc2nc3c(s2)CN(Cc2ccccc2)CC3)cc1. The molecule has 2 aromatic carbocycles. The lowest BCUT2D eigenvalue weighted by atomic mass is 10.1. The lowest BCUT2D eigenvalue weighted by Gasteiger charge is -2.25. The molecule has 1 aliphatic heterocycles. The second-order valence-corrected chi connectivity index (χ2v) is 7.92. The van der Waals surface area contributed by atoms with Crippen molar-refractivity contribution in [1.29, 1.82) is 0 Å². The van der Waals surface area contributed by atoms with Gasteiger partial charge < -0.3 is 0 Å². The van der Waals surface area contributed by atoms with Gasteiger partial charge in [0.25, 0.3) is 5.91 Å². The molecule has 2 heterocycles. The summed E-state index contributed by atoms with van der Waals surface area (Å²) in [6.45, 7) is 4.94. The molecule has 0 unspecified atom stereocenters. The number of aromatic nitrogens is 1. The van der Waals surface area contributed by atoms with E-state index in [1.165, 1.54) is 16.0 Å². The van der Waals surface area contributed by atoms with Crippen LogP contribution in [0.3, 0.4) is 0 Å². The molecule has 0 aliphatic carbocycles. The van der Waals surface area contributed by atoms with Crippen molar-refractivity contribution in [2.24, 2.45) is 0 Å². The quantitative estimate of drug-likeness (QED) is 0.711. The Hall–Kier alpha value is -2.50. The minimum Gasteiger partial charge on any atom is -0.298 e. The fraction of sp³-hybridized carbons (Fsp3) is 0.273. The van der Waals surface area contributed by atoms with Crippen LogP contribution in [0, 0.1) is 0 Å². The lowest BCUT2D eigenvalue weighted by Crippen LogP contribution is -2.29. The van der Waals surface area contributed by atoms with Crippen LogP contribution in [0.25, 0.3) is 0 Å². The number of nitrogens with zero attached hydrogens (tertiary/aromatic N) is 2. The summed E-state index contributed by atoms with van der Waals surface area (Å²) >= 11 is 1.60. The highest BCUT2D eigenvalue weighted by Gasteiger charge is 2.21. The minimum atomic E-state index is -0.0927. The van der Waals surface area contributed by atoms with Crippen molar-refractivity contribution in [3.8, 4) is 0 Å². The molecule has 1 aliphatic rings. The van der Waals surface area contributed by atoms with Crippen LogP contribution in [-0.2, 0) is 25.9 Å². The molecule has 4 rings (SSSR count). The minimum absolute atomic E-state index is 0.0927. The van der Waals surface area contributed by atoms with Crippen molar-refractivity contribution in [2.45, 2.75) is 32.9 Å². The second kappa shape index (κ2) is 8.03. The van der Waals surface area contributed by atoms with Crippen LogP contribution in [-0.4, -0.2) is 22.3 Å². The van der Waals surface area contributed by atoms with Crippen LogP contribution < -0.4 is 5.32 Å². The molecule has 0 fully saturated rings. The predicted octanol–water partition coefficient (Wildman–Crippen LogP) is 4.52. The van der Waals surface area contributed by atoms with E-state index < -0.39 is 0 Å². The van der Waals surface area contributed by atoms with Crippen LogP contribution >= 0.6 is 11.3 Å². The van der Waals surface area contributed by atoms with Crippen molar-refractivity contribution in [3.05, 3.63) is 81.9 Å². The van der Waals surface area contributed by atoms with Gasteiger partial charge in [-0.3, -0.25) is 15.0 Å². The summed E-state index contributed by atoms with van der Waals surface area (Å²) in [6, 6.07) is 18.3. The molecule has 3 aromatic rings. The molecule has 27 heavy (non-hydrogen) atoms. The van der Waals surface area contributed by atoms with Crippen molar-refractivity contribution >= 4 is 22.4 Å². The molecule has 0 saturated carbocycles. The van der Waals surface area contributed by atoms with Crippen molar-refractivity contribution in [1.82, 2.24) is 9.88 Å². The zero-order valence-electron chi connectivity index (χ0n) is 15.4. The standard InChI is InChI=1S/C22H23N3OS/c1-2-16-8-10-18(11-9-16)21(26)24-22-23-19-12-13-25(15-20(19)27-22)14-17-6-4-3-5-7-17/h3-11H,2,12-15H2,1H3,(H,23,24,26). The van der Waals surface area contributed by atoms with Gasteiger partial charge in [-0.05, 0) is 29.7 Å². The topological polar surface area (TPSA) is 45.2 Å². The smallest absolute Gasteiger partial charge is 0.257 e. The number of anilines is 1. The summed E-state index contributed by atoms with van der Waals surface area (Å²) in [7, 11) is 0. The third-order valence-electron chi connectivity index (χ3n) is 4.90. The summed E-state index contributed by atoms with van der Waals surface area (Å²) in [5.41, 5.74) is 4.36. The lowest BCUT2D eigenvalue weighted by molar-refractivity contribution is 0.102. The Bertz CT molecular complexity index is 918. The number of fused-ring (bicyclic) bond motifs is 1. The van der Waals surface area contributed by atoms with Gasteiger partial charge in [0, 0.05) is 36.5 Å². The van der Waals surface area contributed by atoms with Crippen LogP contribution in [0.5, 0.6) is 0 Å². The first-order valence-electron chi connectivity index (χ1n) is 9.36. The first-order chi connectivity index (χ1) is 13.2. The van der Waals surface area contributed by atoms with E-state index in [0.717, 1.165) is 38.2 Å². The number of benzene rings is 2. The van der Waals surface area contributed by atoms with Gasteiger partial charge in [0.05, 0.1) is 5.69 Å². The van der Waals surface area contributed by atoms with Gasteiger partial charge >= 0.3 is 0 Å². The first kappa shape index (κ1) is 17.9. The first-order valence-corrected chi connectivity index (χ1v) is 10.2. The number of amides is 1. The Morgan fingerprint density at radius 1 is 1.11 bits per heavy atom. The number of hydrogen-bond acceptors (Lipinski definition) is 4. The third kappa shape index (κ3) is 4.26. The number of hydrogen-bond donors (Lipinski definition) is 1. The Kier molecular flexibility index (Phi) is 5.32. The van der Waals surface area contributed by atoms with E-state index in [1.807, 2.05) is 30.3 Å². The van der Waals surface area contributed by atoms with Gasteiger partial charge in [-0.1, -0.05) is 49.4 Å². The zero-order chi connectivity index (χ0) is 18.6. The van der Waals surface area contributed by atoms with Crippen LogP contribution in [0.1, 0.15) is 39.0 Å². The highest BCUT2D eigenvalue weighted by molar-refractivity contribution is 7.15. The second-order valence-electron chi connectivity index (χ2n) is 6.84. The Morgan fingerprint density at radius 3 is 2.63 bits per heavy atom. The maximum absolute atomic E-state index is 12.5.